The maximum absolute atomic E-state index is 12.7. The standard InChI is InChI=1S/C8H10F8O/c1-2-3-17-8(15,16)7(13,14)5(9)4-6(10,11)12/h5H,2-4H2,1H3. The van der Waals surface area contributed by atoms with Gasteiger partial charge in [-0.2, -0.15) is 30.7 Å². The third-order valence-electron chi connectivity index (χ3n) is 1.68. The molecule has 0 aliphatic carbocycles. The van der Waals surface area contributed by atoms with Crippen LogP contribution in [0, 0.1) is 0 Å². The van der Waals surface area contributed by atoms with E-state index in [4.69, 9.17) is 0 Å². The summed E-state index contributed by atoms with van der Waals surface area (Å²) in [6.07, 6.45) is -17.4. The van der Waals surface area contributed by atoms with Crippen LogP contribution in [0.15, 0.2) is 0 Å². The Labute approximate surface area is 91.7 Å². The van der Waals surface area contributed by atoms with E-state index in [1.54, 1.807) is 0 Å². The third kappa shape index (κ3) is 4.64. The molecule has 0 heterocycles. The molecule has 17 heavy (non-hydrogen) atoms. The predicted octanol–water partition coefficient (Wildman–Crippen LogP) is 3.93. The minimum Gasteiger partial charge on any atom is -0.316 e. The van der Waals surface area contributed by atoms with Crippen LogP contribution in [0.1, 0.15) is 19.8 Å². The van der Waals surface area contributed by atoms with Crippen LogP contribution >= 0.6 is 0 Å². The molecule has 0 aromatic rings. The first kappa shape index (κ1) is 16.4. The van der Waals surface area contributed by atoms with Gasteiger partial charge in [-0.3, -0.25) is 0 Å². The molecule has 104 valence electrons. The van der Waals surface area contributed by atoms with Crippen LogP contribution in [-0.4, -0.2) is 31.0 Å². The van der Waals surface area contributed by atoms with E-state index in [-0.39, 0.29) is 6.42 Å². The van der Waals surface area contributed by atoms with Crippen LogP contribution in [0.5, 0.6) is 0 Å². The van der Waals surface area contributed by atoms with E-state index in [0.29, 0.717) is 0 Å². The van der Waals surface area contributed by atoms with Gasteiger partial charge in [0.2, 0.25) is 0 Å². The Morgan fingerprint density at radius 2 is 1.47 bits per heavy atom. The Balaban J connectivity index is 4.73. The Morgan fingerprint density at radius 3 is 1.82 bits per heavy atom. The second-order valence-electron chi connectivity index (χ2n) is 3.28. The second kappa shape index (κ2) is 5.36. The average molecular weight is 274 g/mol. The van der Waals surface area contributed by atoms with Crippen molar-refractivity contribution in [3.63, 3.8) is 0 Å². The summed E-state index contributed by atoms with van der Waals surface area (Å²) in [5.74, 6) is -5.53. The van der Waals surface area contributed by atoms with Gasteiger partial charge >= 0.3 is 18.2 Å². The fraction of sp³-hybridized carbons (Fsp3) is 1.00. The molecule has 0 saturated carbocycles. The van der Waals surface area contributed by atoms with Gasteiger partial charge in [-0.15, -0.1) is 0 Å². The van der Waals surface area contributed by atoms with Crippen LogP contribution in [0.3, 0.4) is 0 Å². The number of hydrogen-bond donors (Lipinski definition) is 0. The predicted molar refractivity (Wildman–Crippen MR) is 41.7 cm³/mol. The molecule has 0 aliphatic rings. The highest BCUT2D eigenvalue weighted by Gasteiger charge is 2.65. The first-order valence-corrected chi connectivity index (χ1v) is 4.54. The van der Waals surface area contributed by atoms with E-state index in [2.05, 4.69) is 4.74 Å². The van der Waals surface area contributed by atoms with Gasteiger partial charge in [-0.05, 0) is 6.42 Å². The second-order valence-corrected chi connectivity index (χ2v) is 3.28. The summed E-state index contributed by atoms with van der Waals surface area (Å²) in [5, 5.41) is 0. The Bertz CT molecular complexity index is 236. The molecule has 1 nitrogen and oxygen atoms in total. The highest BCUT2D eigenvalue weighted by atomic mass is 19.4. The number of rotatable bonds is 6. The van der Waals surface area contributed by atoms with Gasteiger partial charge < -0.3 is 4.74 Å². The summed E-state index contributed by atoms with van der Waals surface area (Å²) in [6.45, 7) is 0.498. The van der Waals surface area contributed by atoms with Gasteiger partial charge in [0.15, 0.2) is 6.17 Å². The van der Waals surface area contributed by atoms with Crippen molar-refractivity contribution in [2.24, 2.45) is 0 Å². The number of halogens is 8. The monoisotopic (exact) mass is 274 g/mol. The highest BCUT2D eigenvalue weighted by Crippen LogP contribution is 2.42. The van der Waals surface area contributed by atoms with Crippen LogP contribution in [0.2, 0.25) is 0 Å². The van der Waals surface area contributed by atoms with E-state index >= 15 is 0 Å². The minimum atomic E-state index is -5.53. The molecule has 0 bridgehead atoms. The first-order chi connectivity index (χ1) is 7.44. The quantitative estimate of drug-likeness (QED) is 0.667. The van der Waals surface area contributed by atoms with Crippen molar-refractivity contribution in [3.8, 4) is 0 Å². The summed E-state index contributed by atoms with van der Waals surface area (Å²) in [5.41, 5.74) is 0. The topological polar surface area (TPSA) is 9.23 Å². The lowest BCUT2D eigenvalue weighted by Gasteiger charge is -2.28. The van der Waals surface area contributed by atoms with Crippen molar-refractivity contribution in [2.75, 3.05) is 6.61 Å². The SMILES string of the molecule is CCCOC(F)(F)C(F)(F)C(F)CC(F)(F)F. The van der Waals surface area contributed by atoms with Gasteiger partial charge in [0.05, 0.1) is 13.0 Å². The summed E-state index contributed by atoms with van der Waals surface area (Å²) >= 11 is 0. The average Bonchev–Trinajstić information content (AvgIpc) is 2.11. The molecule has 0 spiro atoms. The Hall–Kier alpha value is -0.600. The largest absolute Gasteiger partial charge is 0.422 e. The molecule has 0 amide bonds. The first-order valence-electron chi connectivity index (χ1n) is 4.54. The normalized spacial score (nSPS) is 16.1. The number of ether oxygens (including phenoxy) is 1. The van der Waals surface area contributed by atoms with Crippen molar-refractivity contribution < 1.29 is 39.9 Å². The van der Waals surface area contributed by atoms with Crippen molar-refractivity contribution in [1.82, 2.24) is 0 Å². The molecule has 0 N–H and O–H groups in total. The Morgan fingerprint density at radius 1 is 1.00 bits per heavy atom. The molecular formula is C8H10F8O. The van der Waals surface area contributed by atoms with E-state index in [1.165, 1.54) is 6.92 Å². The summed E-state index contributed by atoms with van der Waals surface area (Å²) in [6, 6.07) is 0. The molecule has 0 radical (unpaired) electrons. The molecule has 0 saturated heterocycles. The molecule has 1 atom stereocenters. The highest BCUT2D eigenvalue weighted by molar-refractivity contribution is 4.86. The van der Waals surface area contributed by atoms with Gasteiger partial charge in [-0.25, -0.2) is 4.39 Å². The zero-order valence-corrected chi connectivity index (χ0v) is 8.63. The van der Waals surface area contributed by atoms with E-state index in [1.807, 2.05) is 0 Å². The van der Waals surface area contributed by atoms with Gasteiger partial charge in [-0.1, -0.05) is 6.92 Å². The number of hydrogen-bond acceptors (Lipinski definition) is 1. The van der Waals surface area contributed by atoms with Crippen molar-refractivity contribution in [3.05, 3.63) is 0 Å². The van der Waals surface area contributed by atoms with Crippen molar-refractivity contribution in [2.45, 2.75) is 44.1 Å². The molecule has 0 aromatic heterocycles. The van der Waals surface area contributed by atoms with Crippen LogP contribution in [-0.2, 0) is 4.74 Å². The summed E-state index contributed by atoms with van der Waals surface area (Å²) in [7, 11) is 0. The molecular weight excluding hydrogens is 264 g/mol. The summed E-state index contributed by atoms with van der Waals surface area (Å²) < 4.78 is 101. The lowest BCUT2D eigenvalue weighted by molar-refractivity contribution is -0.366. The van der Waals surface area contributed by atoms with E-state index in [9.17, 15) is 35.1 Å². The zero-order chi connectivity index (χ0) is 13.9. The van der Waals surface area contributed by atoms with Crippen molar-refractivity contribution in [1.29, 1.82) is 0 Å². The fourth-order valence-electron chi connectivity index (χ4n) is 0.840. The smallest absolute Gasteiger partial charge is 0.316 e. The van der Waals surface area contributed by atoms with Crippen LogP contribution in [0.25, 0.3) is 0 Å². The molecule has 0 fully saturated rings. The molecule has 0 aromatic carbocycles. The van der Waals surface area contributed by atoms with E-state index in [0.717, 1.165) is 0 Å². The van der Waals surface area contributed by atoms with Gasteiger partial charge in [0.1, 0.15) is 0 Å². The number of alkyl halides is 8. The van der Waals surface area contributed by atoms with Crippen LogP contribution in [0.4, 0.5) is 35.1 Å². The fourth-order valence-corrected chi connectivity index (χ4v) is 0.840. The zero-order valence-electron chi connectivity index (χ0n) is 8.63. The molecule has 0 aliphatic heterocycles. The Kier molecular flexibility index (Phi) is 5.17. The van der Waals surface area contributed by atoms with Gasteiger partial charge in [0, 0.05) is 0 Å². The maximum atomic E-state index is 12.7. The molecule has 1 unspecified atom stereocenters. The van der Waals surface area contributed by atoms with Crippen molar-refractivity contribution >= 4 is 0 Å². The lowest BCUT2D eigenvalue weighted by Crippen LogP contribution is -2.51. The lowest BCUT2D eigenvalue weighted by atomic mass is 10.1. The van der Waals surface area contributed by atoms with Crippen LogP contribution < -0.4 is 0 Å². The molecule has 0 rings (SSSR count). The molecule has 9 heteroatoms. The van der Waals surface area contributed by atoms with E-state index < -0.39 is 37.4 Å². The minimum absolute atomic E-state index is 0.0676. The summed E-state index contributed by atoms with van der Waals surface area (Å²) in [4.78, 5) is 0. The third-order valence-corrected chi connectivity index (χ3v) is 1.68. The maximum Gasteiger partial charge on any atom is 0.422 e. The van der Waals surface area contributed by atoms with Gasteiger partial charge in [0.25, 0.3) is 0 Å².